The number of hydrogen-bond acceptors (Lipinski definition) is 3. The quantitative estimate of drug-likeness (QED) is 0.535. The average molecular weight is 336 g/mol. The number of hydrogen-bond donors (Lipinski definition) is 3. The topological polar surface area (TPSA) is 104 Å². The molecule has 0 amide bonds. The van der Waals surface area contributed by atoms with Gasteiger partial charge in [0.05, 0.1) is 22.1 Å². The van der Waals surface area contributed by atoms with Gasteiger partial charge < -0.3 is 15.1 Å². The van der Waals surface area contributed by atoms with Crippen LogP contribution in [0.5, 0.6) is 0 Å². The highest BCUT2D eigenvalue weighted by molar-refractivity contribution is 6.01. The number of para-hydroxylation sites is 1. The van der Waals surface area contributed by atoms with E-state index in [-0.39, 0.29) is 17.2 Å². The number of aromatic amines is 2. The fraction of sp³-hybridized carbons (Fsp3) is 0.167. The lowest BCUT2D eigenvalue weighted by Crippen LogP contribution is -2.03. The summed E-state index contributed by atoms with van der Waals surface area (Å²) >= 11 is 0. The number of fused-ring (bicyclic) bond motifs is 2. The van der Waals surface area contributed by atoms with Gasteiger partial charge in [0, 0.05) is 11.6 Å². The molecule has 2 aromatic heterocycles. The Morgan fingerprint density at radius 3 is 2.64 bits per heavy atom. The number of carboxylic acids is 1. The van der Waals surface area contributed by atoms with Crippen molar-refractivity contribution in [2.45, 2.75) is 19.8 Å². The zero-order valence-electron chi connectivity index (χ0n) is 13.7. The maximum Gasteiger partial charge on any atom is 0.337 e. The van der Waals surface area contributed by atoms with E-state index in [1.54, 1.807) is 12.1 Å². The Morgan fingerprint density at radius 2 is 1.92 bits per heavy atom. The zero-order valence-corrected chi connectivity index (χ0v) is 13.7. The molecule has 4 aromatic rings. The first kappa shape index (κ1) is 15.2. The van der Waals surface area contributed by atoms with E-state index in [2.05, 4.69) is 15.0 Å². The Hall–Kier alpha value is -3.35. The van der Waals surface area contributed by atoms with Gasteiger partial charge in [-0.15, -0.1) is 0 Å². The third-order valence-corrected chi connectivity index (χ3v) is 4.22. The predicted molar refractivity (Wildman–Crippen MR) is 94.6 cm³/mol. The highest BCUT2D eigenvalue weighted by Gasteiger charge is 2.20. The molecule has 0 bridgehead atoms. The molecule has 0 atom stereocenters. The van der Waals surface area contributed by atoms with Crippen LogP contribution in [0.2, 0.25) is 0 Å². The van der Waals surface area contributed by atoms with E-state index in [9.17, 15) is 14.7 Å². The summed E-state index contributed by atoms with van der Waals surface area (Å²) < 4.78 is 1.94. The van der Waals surface area contributed by atoms with Gasteiger partial charge in [0.25, 0.3) is 0 Å². The SMILES string of the molecule is CC(C)c1nc2c(C(=O)O)cccc2n1-c1ccc2[nH]c(=O)[nH]c2c1. The summed E-state index contributed by atoms with van der Waals surface area (Å²) in [5, 5.41) is 9.44. The fourth-order valence-electron chi connectivity index (χ4n) is 3.11. The van der Waals surface area contributed by atoms with E-state index in [1.807, 2.05) is 42.7 Å². The van der Waals surface area contributed by atoms with Gasteiger partial charge in [0.2, 0.25) is 0 Å². The molecule has 0 saturated carbocycles. The lowest BCUT2D eigenvalue weighted by atomic mass is 10.2. The summed E-state index contributed by atoms with van der Waals surface area (Å²) in [5.41, 5.74) is 3.32. The number of carbonyl (C=O) groups is 1. The average Bonchev–Trinajstić information content (AvgIpc) is 3.12. The third-order valence-electron chi connectivity index (χ3n) is 4.22. The molecular weight excluding hydrogens is 320 g/mol. The third kappa shape index (κ3) is 2.32. The molecule has 0 saturated heterocycles. The monoisotopic (exact) mass is 336 g/mol. The van der Waals surface area contributed by atoms with Crippen molar-refractivity contribution in [3.63, 3.8) is 0 Å². The van der Waals surface area contributed by atoms with Crippen molar-refractivity contribution in [1.82, 2.24) is 19.5 Å². The number of carboxylic acid groups (broad SMARTS) is 1. The number of imidazole rings is 2. The van der Waals surface area contributed by atoms with Crippen molar-refractivity contribution in [2.75, 3.05) is 0 Å². The van der Waals surface area contributed by atoms with E-state index in [4.69, 9.17) is 0 Å². The van der Waals surface area contributed by atoms with Crippen molar-refractivity contribution in [2.24, 2.45) is 0 Å². The van der Waals surface area contributed by atoms with E-state index >= 15 is 0 Å². The lowest BCUT2D eigenvalue weighted by molar-refractivity contribution is 0.0699. The molecular formula is C18H16N4O3. The molecule has 3 N–H and O–H groups in total. The second-order valence-electron chi connectivity index (χ2n) is 6.25. The van der Waals surface area contributed by atoms with Gasteiger partial charge in [0.1, 0.15) is 11.3 Å². The molecule has 126 valence electrons. The minimum Gasteiger partial charge on any atom is -0.478 e. The van der Waals surface area contributed by atoms with Crippen LogP contribution in [0.4, 0.5) is 0 Å². The van der Waals surface area contributed by atoms with Gasteiger partial charge in [-0.05, 0) is 30.3 Å². The van der Waals surface area contributed by atoms with E-state index in [1.165, 1.54) is 0 Å². The van der Waals surface area contributed by atoms with Crippen LogP contribution in [-0.2, 0) is 0 Å². The number of nitrogens with one attached hydrogen (secondary N) is 2. The molecule has 0 fully saturated rings. The summed E-state index contributed by atoms with van der Waals surface area (Å²) in [6, 6.07) is 10.7. The number of nitrogens with zero attached hydrogens (tertiary/aromatic N) is 2. The minimum atomic E-state index is -1.00. The molecule has 4 rings (SSSR count). The van der Waals surface area contributed by atoms with Crippen LogP contribution in [0.15, 0.2) is 41.2 Å². The molecule has 25 heavy (non-hydrogen) atoms. The molecule has 2 aromatic carbocycles. The number of aromatic nitrogens is 4. The van der Waals surface area contributed by atoms with Gasteiger partial charge in [-0.3, -0.25) is 4.57 Å². The van der Waals surface area contributed by atoms with Gasteiger partial charge in [-0.1, -0.05) is 19.9 Å². The summed E-state index contributed by atoms with van der Waals surface area (Å²) in [4.78, 5) is 33.1. The second-order valence-corrected chi connectivity index (χ2v) is 6.25. The van der Waals surface area contributed by atoms with E-state index in [0.29, 0.717) is 11.0 Å². The van der Waals surface area contributed by atoms with Crippen LogP contribution >= 0.6 is 0 Å². The first-order valence-corrected chi connectivity index (χ1v) is 7.93. The molecule has 7 nitrogen and oxygen atoms in total. The number of benzene rings is 2. The van der Waals surface area contributed by atoms with Gasteiger partial charge in [-0.2, -0.15) is 0 Å². The molecule has 7 heteroatoms. The lowest BCUT2D eigenvalue weighted by Gasteiger charge is -2.11. The van der Waals surface area contributed by atoms with Crippen LogP contribution in [0.25, 0.3) is 27.8 Å². The standard InChI is InChI=1S/C18H16N4O3/c1-9(2)16-21-15-11(17(23)24)4-3-5-14(15)22(16)10-6-7-12-13(8-10)20-18(25)19-12/h3-9H,1-2H3,(H,23,24)(H2,19,20,25). The Bertz CT molecular complexity index is 1180. The Morgan fingerprint density at radius 1 is 1.16 bits per heavy atom. The number of H-pyrrole nitrogens is 2. The Balaban J connectivity index is 2.07. The van der Waals surface area contributed by atoms with Crippen LogP contribution in [0.3, 0.4) is 0 Å². The van der Waals surface area contributed by atoms with Gasteiger partial charge in [-0.25, -0.2) is 14.6 Å². The van der Waals surface area contributed by atoms with Crippen molar-refractivity contribution in [3.05, 3.63) is 58.3 Å². The normalized spacial score (nSPS) is 11.6. The van der Waals surface area contributed by atoms with Crippen LogP contribution in [0.1, 0.15) is 35.9 Å². The summed E-state index contributed by atoms with van der Waals surface area (Å²) in [7, 11) is 0. The molecule has 0 spiro atoms. The second kappa shape index (κ2) is 5.34. The largest absolute Gasteiger partial charge is 0.478 e. The maximum absolute atomic E-state index is 11.5. The molecule has 0 aliphatic heterocycles. The molecule has 2 heterocycles. The van der Waals surface area contributed by atoms with Crippen LogP contribution in [-0.4, -0.2) is 30.6 Å². The Labute approximate surface area is 141 Å². The highest BCUT2D eigenvalue weighted by Crippen LogP contribution is 2.29. The van der Waals surface area contributed by atoms with E-state index < -0.39 is 5.97 Å². The molecule has 0 aliphatic rings. The maximum atomic E-state index is 11.5. The summed E-state index contributed by atoms with van der Waals surface area (Å²) in [6.07, 6.45) is 0. The summed E-state index contributed by atoms with van der Waals surface area (Å²) in [5.74, 6) is -0.146. The van der Waals surface area contributed by atoms with Gasteiger partial charge in [0.15, 0.2) is 0 Å². The van der Waals surface area contributed by atoms with E-state index in [0.717, 1.165) is 22.5 Å². The molecule has 0 unspecified atom stereocenters. The van der Waals surface area contributed by atoms with Crippen molar-refractivity contribution >= 4 is 28.0 Å². The smallest absolute Gasteiger partial charge is 0.337 e. The summed E-state index contributed by atoms with van der Waals surface area (Å²) in [6.45, 7) is 4.02. The first-order valence-electron chi connectivity index (χ1n) is 7.93. The first-order chi connectivity index (χ1) is 12.0. The fourth-order valence-corrected chi connectivity index (χ4v) is 3.11. The minimum absolute atomic E-state index is 0.0926. The number of rotatable bonds is 3. The zero-order chi connectivity index (χ0) is 17.7. The molecule has 0 aliphatic carbocycles. The van der Waals surface area contributed by atoms with Crippen molar-refractivity contribution in [1.29, 1.82) is 0 Å². The van der Waals surface area contributed by atoms with Gasteiger partial charge >= 0.3 is 11.7 Å². The van der Waals surface area contributed by atoms with Crippen molar-refractivity contribution < 1.29 is 9.90 Å². The number of aromatic carboxylic acids is 1. The van der Waals surface area contributed by atoms with Crippen molar-refractivity contribution in [3.8, 4) is 5.69 Å². The Kier molecular flexibility index (Phi) is 3.24. The molecule has 0 radical (unpaired) electrons. The highest BCUT2D eigenvalue weighted by atomic mass is 16.4. The van der Waals surface area contributed by atoms with Crippen LogP contribution in [0, 0.1) is 0 Å². The van der Waals surface area contributed by atoms with Crippen LogP contribution < -0.4 is 5.69 Å². The predicted octanol–water partition coefficient (Wildman–Crippen LogP) is 3.02.